The van der Waals surface area contributed by atoms with Gasteiger partial charge in [0, 0.05) is 6.42 Å². The van der Waals surface area contributed by atoms with Gasteiger partial charge in [-0.15, -0.1) is 0 Å². The van der Waals surface area contributed by atoms with E-state index in [-0.39, 0.29) is 12.8 Å². The van der Waals surface area contributed by atoms with Crippen LogP contribution in [0.2, 0.25) is 0 Å². The van der Waals surface area contributed by atoms with Crippen LogP contribution in [0.4, 0.5) is 0 Å². The van der Waals surface area contributed by atoms with Crippen molar-refractivity contribution < 1.29 is 34.5 Å². The van der Waals surface area contributed by atoms with Crippen molar-refractivity contribution in [1.29, 1.82) is 0 Å². The van der Waals surface area contributed by atoms with Gasteiger partial charge in [0.2, 0.25) is 17.7 Å². The molecule has 0 fully saturated rings. The predicted octanol–water partition coefficient (Wildman–Crippen LogP) is -1.78. The van der Waals surface area contributed by atoms with Gasteiger partial charge in [-0.2, -0.15) is 11.8 Å². The molecule has 0 radical (unpaired) electrons. The Morgan fingerprint density at radius 2 is 1.52 bits per heavy atom. The minimum Gasteiger partial charge on any atom is -0.480 e. The average molecular weight is 485 g/mol. The van der Waals surface area contributed by atoms with E-state index in [0.717, 1.165) is 0 Å². The largest absolute Gasteiger partial charge is 0.480 e. The van der Waals surface area contributed by atoms with E-state index in [1.54, 1.807) is 30.3 Å². The van der Waals surface area contributed by atoms with Crippen LogP contribution in [-0.2, 0) is 25.6 Å². The van der Waals surface area contributed by atoms with Crippen LogP contribution in [0.25, 0.3) is 0 Å². The lowest BCUT2D eigenvalue weighted by atomic mass is 10.0. The van der Waals surface area contributed by atoms with E-state index in [2.05, 4.69) is 16.0 Å². The summed E-state index contributed by atoms with van der Waals surface area (Å²) in [6, 6.07) is 3.77. The summed E-state index contributed by atoms with van der Waals surface area (Å²) in [7, 11) is 0. The predicted molar refractivity (Wildman–Crippen MR) is 123 cm³/mol. The Hall–Kier alpha value is -2.67. The van der Waals surface area contributed by atoms with E-state index < -0.39 is 60.6 Å². The Kier molecular flexibility index (Phi) is 12.4. The number of carbonyl (C=O) groups excluding carboxylic acids is 3. The summed E-state index contributed by atoms with van der Waals surface area (Å²) in [6.45, 7) is 0.526. The second kappa shape index (κ2) is 14.5. The minimum atomic E-state index is -1.54. The van der Waals surface area contributed by atoms with E-state index in [9.17, 15) is 29.4 Å². The molecular weight excluding hydrogens is 452 g/mol. The second-order valence-electron chi connectivity index (χ2n) is 7.44. The van der Waals surface area contributed by atoms with Crippen LogP contribution in [-0.4, -0.2) is 87.9 Å². The first-order valence-electron chi connectivity index (χ1n) is 10.3. The molecule has 0 heterocycles. The van der Waals surface area contributed by atoms with Gasteiger partial charge >= 0.3 is 5.97 Å². The molecule has 8 N–H and O–H groups in total. The van der Waals surface area contributed by atoms with E-state index in [1.807, 2.05) is 6.26 Å². The van der Waals surface area contributed by atoms with E-state index in [1.165, 1.54) is 18.7 Å². The molecule has 5 unspecified atom stereocenters. The smallest absolute Gasteiger partial charge is 0.328 e. The molecule has 0 aliphatic carbocycles. The summed E-state index contributed by atoms with van der Waals surface area (Å²) in [4.78, 5) is 49.2. The fraction of sp³-hybridized carbons (Fsp3) is 0.524. The summed E-state index contributed by atoms with van der Waals surface area (Å²) in [5.41, 5.74) is 6.35. The number of nitrogens with two attached hydrogens (primary N) is 1. The number of hydrogen-bond donors (Lipinski definition) is 7. The van der Waals surface area contributed by atoms with Crippen molar-refractivity contribution in [3.8, 4) is 0 Å². The highest BCUT2D eigenvalue weighted by Crippen LogP contribution is 2.07. The Bertz CT molecular complexity index is 794. The normalized spacial score (nSPS) is 15.4. The first-order chi connectivity index (χ1) is 15.6. The van der Waals surface area contributed by atoms with Crippen LogP contribution in [0, 0.1) is 0 Å². The van der Waals surface area contributed by atoms with Crippen molar-refractivity contribution >= 4 is 35.5 Å². The first-order valence-corrected chi connectivity index (χ1v) is 11.7. The fourth-order valence-corrected chi connectivity index (χ4v) is 3.25. The fourth-order valence-electron chi connectivity index (χ4n) is 2.78. The molecule has 3 amide bonds. The highest BCUT2D eigenvalue weighted by Gasteiger charge is 2.30. The number of aliphatic hydroxyl groups is 2. The standard InChI is InChI=1S/C21H32N4O7S/c1-12(27)17(22)20(30)23-14(8-9-33-2)18(28)24-15(10-13-6-4-3-5-7-13)19(29)25-16(11-26)21(31)32/h3-7,12,14-17,26-27H,8-11,22H2,1-2H3,(H,23,30)(H,24,28)(H,25,29)(H,31,32). The molecule has 184 valence electrons. The number of hydrogen-bond acceptors (Lipinski definition) is 8. The Labute approximate surface area is 196 Å². The number of carboxylic acids is 1. The van der Waals surface area contributed by atoms with Gasteiger partial charge in [0.1, 0.15) is 24.2 Å². The molecular formula is C21H32N4O7S. The average Bonchev–Trinajstić information content (AvgIpc) is 2.78. The Morgan fingerprint density at radius 3 is 2.03 bits per heavy atom. The van der Waals surface area contributed by atoms with Crippen molar-refractivity contribution in [2.45, 2.75) is 50.0 Å². The molecule has 0 aliphatic heterocycles. The summed E-state index contributed by atoms with van der Waals surface area (Å²) >= 11 is 1.45. The molecule has 1 rings (SSSR count). The van der Waals surface area contributed by atoms with Crippen LogP contribution in [0.5, 0.6) is 0 Å². The van der Waals surface area contributed by atoms with Gasteiger partial charge in [0.05, 0.1) is 12.7 Å². The molecule has 0 bridgehead atoms. The minimum absolute atomic E-state index is 0.0482. The SMILES string of the molecule is CSCCC(NC(=O)C(N)C(C)O)C(=O)NC(Cc1ccccc1)C(=O)NC(CO)C(=O)O. The molecule has 1 aromatic rings. The summed E-state index contributed by atoms with van der Waals surface area (Å²) in [6.07, 6.45) is 0.980. The van der Waals surface area contributed by atoms with Crippen LogP contribution in [0.1, 0.15) is 18.9 Å². The third kappa shape index (κ3) is 9.78. The van der Waals surface area contributed by atoms with Crippen LogP contribution >= 0.6 is 11.8 Å². The Morgan fingerprint density at radius 1 is 0.970 bits per heavy atom. The molecule has 0 aromatic heterocycles. The maximum absolute atomic E-state index is 13.0. The number of carbonyl (C=O) groups is 4. The molecule has 5 atom stereocenters. The molecule has 12 heteroatoms. The first kappa shape index (κ1) is 28.4. The van der Waals surface area contributed by atoms with Gasteiger partial charge in [-0.3, -0.25) is 14.4 Å². The van der Waals surface area contributed by atoms with Crippen LogP contribution < -0.4 is 21.7 Å². The van der Waals surface area contributed by atoms with Gasteiger partial charge in [-0.05, 0) is 30.9 Å². The number of aliphatic hydroxyl groups excluding tert-OH is 2. The lowest BCUT2D eigenvalue weighted by Crippen LogP contribution is -2.58. The van der Waals surface area contributed by atoms with Crippen molar-refractivity contribution in [2.75, 3.05) is 18.6 Å². The number of rotatable bonds is 14. The number of thioether (sulfide) groups is 1. The summed E-state index contributed by atoms with van der Waals surface area (Å²) in [5, 5.41) is 35.1. The van der Waals surface area contributed by atoms with Gasteiger partial charge in [0.15, 0.2) is 0 Å². The maximum atomic E-state index is 13.0. The monoisotopic (exact) mass is 484 g/mol. The maximum Gasteiger partial charge on any atom is 0.328 e. The molecule has 33 heavy (non-hydrogen) atoms. The third-order valence-electron chi connectivity index (χ3n) is 4.78. The summed E-state index contributed by atoms with van der Waals surface area (Å²) < 4.78 is 0. The zero-order valence-electron chi connectivity index (χ0n) is 18.6. The molecule has 11 nitrogen and oxygen atoms in total. The van der Waals surface area contributed by atoms with Crippen molar-refractivity contribution in [2.24, 2.45) is 5.73 Å². The van der Waals surface area contributed by atoms with Crippen LogP contribution in [0.15, 0.2) is 30.3 Å². The molecule has 1 aromatic carbocycles. The zero-order chi connectivity index (χ0) is 25.0. The van der Waals surface area contributed by atoms with Gasteiger partial charge in [-0.25, -0.2) is 4.79 Å². The van der Waals surface area contributed by atoms with E-state index in [4.69, 9.17) is 10.8 Å². The number of benzene rings is 1. The third-order valence-corrected chi connectivity index (χ3v) is 5.42. The second-order valence-corrected chi connectivity index (χ2v) is 8.43. The summed E-state index contributed by atoms with van der Waals surface area (Å²) in [5.74, 6) is -3.09. The molecule has 0 aliphatic rings. The molecule has 0 saturated carbocycles. The number of nitrogens with one attached hydrogen (secondary N) is 3. The zero-order valence-corrected chi connectivity index (χ0v) is 19.4. The number of amides is 3. The topological polar surface area (TPSA) is 191 Å². The van der Waals surface area contributed by atoms with Crippen molar-refractivity contribution in [3.63, 3.8) is 0 Å². The lowest BCUT2D eigenvalue weighted by Gasteiger charge is -2.25. The van der Waals surface area contributed by atoms with E-state index in [0.29, 0.717) is 11.3 Å². The van der Waals surface area contributed by atoms with E-state index >= 15 is 0 Å². The number of aliphatic carboxylic acids is 1. The quantitative estimate of drug-likeness (QED) is 0.160. The lowest BCUT2D eigenvalue weighted by molar-refractivity contribution is -0.143. The van der Waals surface area contributed by atoms with Crippen molar-refractivity contribution in [3.05, 3.63) is 35.9 Å². The highest BCUT2D eigenvalue weighted by molar-refractivity contribution is 7.98. The highest BCUT2D eigenvalue weighted by atomic mass is 32.2. The molecule has 0 spiro atoms. The van der Waals surface area contributed by atoms with Gasteiger partial charge in [-0.1, -0.05) is 30.3 Å². The molecule has 0 saturated heterocycles. The Balaban J connectivity index is 3.06. The van der Waals surface area contributed by atoms with Crippen molar-refractivity contribution in [1.82, 2.24) is 16.0 Å². The van der Waals surface area contributed by atoms with Gasteiger partial charge in [0.25, 0.3) is 0 Å². The van der Waals surface area contributed by atoms with Crippen LogP contribution in [0.3, 0.4) is 0 Å². The number of carboxylic acid groups (broad SMARTS) is 1. The van der Waals surface area contributed by atoms with Gasteiger partial charge < -0.3 is 37.0 Å².